The number of aryl methyl sites for hydroxylation is 1. The van der Waals surface area contributed by atoms with Crippen LogP contribution >= 0.6 is 0 Å². The summed E-state index contributed by atoms with van der Waals surface area (Å²) in [5.74, 6) is 0. The Bertz CT molecular complexity index is 1230. The van der Waals surface area contributed by atoms with E-state index in [2.05, 4.69) is 85.8 Å². The van der Waals surface area contributed by atoms with E-state index in [-0.39, 0.29) is 0 Å². The van der Waals surface area contributed by atoms with E-state index in [0.717, 1.165) is 11.2 Å². The van der Waals surface area contributed by atoms with E-state index in [1.807, 2.05) is 26.0 Å². The van der Waals surface area contributed by atoms with Gasteiger partial charge in [-0.3, -0.25) is 0 Å². The molecule has 1 nitrogen and oxygen atoms in total. The van der Waals surface area contributed by atoms with Gasteiger partial charge in [0, 0.05) is 10.8 Å². The van der Waals surface area contributed by atoms with Crippen molar-refractivity contribution < 1.29 is 4.42 Å². The van der Waals surface area contributed by atoms with Gasteiger partial charge in [0.05, 0.1) is 0 Å². The first-order chi connectivity index (χ1) is 13.8. The van der Waals surface area contributed by atoms with Gasteiger partial charge in [0.2, 0.25) is 0 Å². The minimum absolute atomic E-state index is 0.935. The van der Waals surface area contributed by atoms with Gasteiger partial charge in [-0.25, -0.2) is 0 Å². The van der Waals surface area contributed by atoms with Crippen molar-refractivity contribution in [1.82, 2.24) is 0 Å². The number of fused-ring (bicyclic) bond motifs is 3. The maximum absolute atomic E-state index is 5.95. The molecule has 1 heterocycles. The van der Waals surface area contributed by atoms with Gasteiger partial charge in [-0.1, -0.05) is 86.1 Å². The zero-order valence-corrected chi connectivity index (χ0v) is 16.6. The molecule has 5 rings (SSSR count). The monoisotopic (exact) mass is 364 g/mol. The standard InChI is InChI=1S/C25H18O.C2H6/c1-17-9-11-18(12-10-17)19-5-4-6-20(15-19)21-13-14-25-23(16-21)22-7-2-3-8-24(22)26-25;1-2/h2-16H,1H3;1-2H3. The smallest absolute Gasteiger partial charge is 0.135 e. The number of hydrogen-bond acceptors (Lipinski definition) is 1. The van der Waals surface area contributed by atoms with Crippen molar-refractivity contribution in [2.75, 3.05) is 0 Å². The summed E-state index contributed by atoms with van der Waals surface area (Å²) in [6.45, 7) is 6.12. The molecule has 0 fully saturated rings. The molecule has 0 amide bonds. The molecule has 0 bridgehead atoms. The van der Waals surface area contributed by atoms with Crippen LogP contribution in [0.5, 0.6) is 0 Å². The number of benzene rings is 4. The fourth-order valence-electron chi connectivity index (χ4n) is 3.53. The van der Waals surface area contributed by atoms with Gasteiger partial charge in [0.15, 0.2) is 0 Å². The minimum Gasteiger partial charge on any atom is -0.456 e. The zero-order chi connectivity index (χ0) is 19.5. The van der Waals surface area contributed by atoms with Gasteiger partial charge in [0.25, 0.3) is 0 Å². The topological polar surface area (TPSA) is 13.1 Å². The van der Waals surface area contributed by atoms with Gasteiger partial charge < -0.3 is 4.42 Å². The molecule has 0 aliphatic carbocycles. The van der Waals surface area contributed by atoms with E-state index < -0.39 is 0 Å². The molecule has 1 aromatic heterocycles. The Hall–Kier alpha value is -3.32. The molecule has 0 N–H and O–H groups in total. The van der Waals surface area contributed by atoms with Crippen LogP contribution in [0.2, 0.25) is 0 Å². The highest BCUT2D eigenvalue weighted by atomic mass is 16.3. The van der Waals surface area contributed by atoms with E-state index in [0.29, 0.717) is 0 Å². The van der Waals surface area contributed by atoms with E-state index in [1.54, 1.807) is 0 Å². The Kier molecular flexibility index (Phi) is 4.99. The van der Waals surface area contributed by atoms with E-state index >= 15 is 0 Å². The molecule has 0 unspecified atom stereocenters. The highest BCUT2D eigenvalue weighted by molar-refractivity contribution is 6.06. The second-order valence-electron chi connectivity index (χ2n) is 6.76. The second kappa shape index (κ2) is 7.74. The predicted octanol–water partition coefficient (Wildman–Crippen LogP) is 8.25. The van der Waals surface area contributed by atoms with Crippen molar-refractivity contribution in [3.63, 3.8) is 0 Å². The van der Waals surface area contributed by atoms with Crippen molar-refractivity contribution in [1.29, 1.82) is 0 Å². The number of rotatable bonds is 2. The highest BCUT2D eigenvalue weighted by Crippen LogP contribution is 2.33. The van der Waals surface area contributed by atoms with E-state index in [9.17, 15) is 0 Å². The summed E-state index contributed by atoms with van der Waals surface area (Å²) in [5.41, 5.74) is 8.06. The fourth-order valence-corrected chi connectivity index (χ4v) is 3.53. The molecule has 0 spiro atoms. The van der Waals surface area contributed by atoms with Crippen LogP contribution in [-0.4, -0.2) is 0 Å². The first-order valence-corrected chi connectivity index (χ1v) is 9.87. The van der Waals surface area contributed by atoms with Crippen LogP contribution < -0.4 is 0 Å². The third-order valence-corrected chi connectivity index (χ3v) is 4.96. The summed E-state index contributed by atoms with van der Waals surface area (Å²) in [6.07, 6.45) is 0. The number of furan rings is 1. The zero-order valence-electron chi connectivity index (χ0n) is 16.6. The molecule has 0 atom stereocenters. The van der Waals surface area contributed by atoms with Crippen molar-refractivity contribution in [3.8, 4) is 22.3 Å². The average Bonchev–Trinajstić information content (AvgIpc) is 3.14. The first kappa shape index (κ1) is 18.1. The lowest BCUT2D eigenvalue weighted by Gasteiger charge is -2.07. The number of hydrogen-bond donors (Lipinski definition) is 0. The molecular formula is C27H24O. The molecule has 5 aromatic rings. The van der Waals surface area contributed by atoms with Gasteiger partial charge in [0.1, 0.15) is 11.2 Å². The average molecular weight is 364 g/mol. The minimum atomic E-state index is 0.935. The maximum atomic E-state index is 5.95. The maximum Gasteiger partial charge on any atom is 0.135 e. The molecule has 28 heavy (non-hydrogen) atoms. The lowest BCUT2D eigenvalue weighted by molar-refractivity contribution is 0.669. The summed E-state index contributed by atoms with van der Waals surface area (Å²) < 4.78 is 5.95. The molecule has 0 radical (unpaired) electrons. The molecule has 0 aliphatic rings. The Labute approximate surface area is 166 Å². The summed E-state index contributed by atoms with van der Waals surface area (Å²) in [5, 5.41) is 2.33. The number of para-hydroxylation sites is 1. The highest BCUT2D eigenvalue weighted by Gasteiger charge is 2.08. The third kappa shape index (κ3) is 3.32. The first-order valence-electron chi connectivity index (χ1n) is 9.87. The molecule has 138 valence electrons. The summed E-state index contributed by atoms with van der Waals surface area (Å²) >= 11 is 0. The third-order valence-electron chi connectivity index (χ3n) is 4.96. The van der Waals surface area contributed by atoms with E-state index in [4.69, 9.17) is 4.42 Å². The SMILES string of the molecule is CC.Cc1ccc(-c2cccc(-c3ccc4oc5ccccc5c4c3)c2)cc1. The summed E-state index contributed by atoms with van der Waals surface area (Å²) in [7, 11) is 0. The molecule has 1 heteroatoms. The van der Waals surface area contributed by atoms with Crippen LogP contribution in [0.4, 0.5) is 0 Å². The Morgan fingerprint density at radius 3 is 1.89 bits per heavy atom. The second-order valence-corrected chi connectivity index (χ2v) is 6.76. The molecule has 0 saturated heterocycles. The van der Waals surface area contributed by atoms with Gasteiger partial charge >= 0.3 is 0 Å². The van der Waals surface area contributed by atoms with Crippen LogP contribution in [0.3, 0.4) is 0 Å². The summed E-state index contributed by atoms with van der Waals surface area (Å²) in [4.78, 5) is 0. The van der Waals surface area contributed by atoms with Crippen molar-refractivity contribution in [3.05, 3.63) is 96.6 Å². The van der Waals surface area contributed by atoms with Gasteiger partial charge in [-0.15, -0.1) is 0 Å². The quantitative estimate of drug-likeness (QED) is 0.307. The van der Waals surface area contributed by atoms with Crippen LogP contribution in [0.1, 0.15) is 19.4 Å². The van der Waals surface area contributed by atoms with Gasteiger partial charge in [-0.05, 0) is 53.4 Å². The Morgan fingerprint density at radius 1 is 0.500 bits per heavy atom. The Morgan fingerprint density at radius 2 is 1.11 bits per heavy atom. The Balaban J connectivity index is 0.000000932. The molecule has 0 aliphatic heterocycles. The van der Waals surface area contributed by atoms with Crippen LogP contribution in [0.25, 0.3) is 44.2 Å². The van der Waals surface area contributed by atoms with Crippen LogP contribution in [-0.2, 0) is 0 Å². The van der Waals surface area contributed by atoms with Crippen LogP contribution in [0, 0.1) is 6.92 Å². The lowest BCUT2D eigenvalue weighted by Crippen LogP contribution is -1.82. The summed E-state index contributed by atoms with van der Waals surface area (Å²) in [6, 6.07) is 32.0. The fraction of sp³-hybridized carbons (Fsp3) is 0.111. The molecular weight excluding hydrogens is 340 g/mol. The predicted molar refractivity (Wildman–Crippen MR) is 121 cm³/mol. The van der Waals surface area contributed by atoms with Crippen molar-refractivity contribution >= 4 is 21.9 Å². The molecule has 4 aromatic carbocycles. The van der Waals surface area contributed by atoms with Gasteiger partial charge in [-0.2, -0.15) is 0 Å². The molecule has 0 saturated carbocycles. The van der Waals surface area contributed by atoms with E-state index in [1.165, 1.54) is 38.6 Å². The normalized spacial score (nSPS) is 10.7. The van der Waals surface area contributed by atoms with Crippen molar-refractivity contribution in [2.24, 2.45) is 0 Å². The van der Waals surface area contributed by atoms with Crippen LogP contribution in [0.15, 0.2) is 95.4 Å². The van der Waals surface area contributed by atoms with Crippen molar-refractivity contribution in [2.45, 2.75) is 20.8 Å². The lowest BCUT2D eigenvalue weighted by atomic mass is 9.97. The largest absolute Gasteiger partial charge is 0.456 e.